The first-order chi connectivity index (χ1) is 7.73. The Morgan fingerprint density at radius 2 is 1.53 bits per heavy atom. The van der Waals surface area contributed by atoms with Crippen LogP contribution in [0.25, 0.3) is 0 Å². The van der Waals surface area contributed by atoms with Gasteiger partial charge >= 0.3 is 11.9 Å². The van der Waals surface area contributed by atoms with Crippen LogP contribution < -0.4 is 0 Å². The molecule has 0 fully saturated rings. The van der Waals surface area contributed by atoms with Gasteiger partial charge in [0, 0.05) is 13.8 Å². The molecule has 0 aliphatic rings. The van der Waals surface area contributed by atoms with Crippen molar-refractivity contribution < 1.29 is 23.8 Å². The number of carbonyl (C=O) groups excluding carboxylic acids is 2. The maximum absolute atomic E-state index is 10.7. The highest BCUT2D eigenvalue weighted by molar-refractivity contribution is 5.66. The molecule has 1 atom stereocenters. The van der Waals surface area contributed by atoms with Crippen molar-refractivity contribution in [3.63, 3.8) is 0 Å². The second-order valence-electron chi connectivity index (χ2n) is 4.87. The highest BCUT2D eigenvalue weighted by Gasteiger charge is 2.26. The molecule has 0 bridgehead atoms. The highest BCUT2D eigenvalue weighted by atomic mass is 16.6. The third-order valence-electron chi connectivity index (χ3n) is 2.11. The smallest absolute Gasteiger partial charge is 0.302 e. The number of carbonyl (C=O) groups is 2. The second-order valence-corrected chi connectivity index (χ2v) is 4.87. The molecule has 0 saturated heterocycles. The van der Waals surface area contributed by atoms with E-state index in [1.54, 1.807) is 0 Å². The van der Waals surface area contributed by atoms with Crippen molar-refractivity contribution in [1.82, 2.24) is 0 Å². The van der Waals surface area contributed by atoms with Gasteiger partial charge in [0.1, 0.15) is 13.2 Å². The van der Waals surface area contributed by atoms with Crippen molar-refractivity contribution in [3.8, 4) is 0 Å². The summed E-state index contributed by atoms with van der Waals surface area (Å²) in [5.74, 6) is -0.663. The first-order valence-electron chi connectivity index (χ1n) is 5.62. The molecular weight excluding hydrogens is 224 g/mol. The highest BCUT2D eigenvalue weighted by Crippen LogP contribution is 2.22. The van der Waals surface area contributed by atoms with E-state index in [4.69, 9.17) is 14.2 Å². The van der Waals surface area contributed by atoms with Crippen molar-refractivity contribution in [2.75, 3.05) is 19.8 Å². The van der Waals surface area contributed by atoms with E-state index >= 15 is 0 Å². The fraction of sp³-hybridized carbons (Fsp3) is 0.833. The van der Waals surface area contributed by atoms with Crippen LogP contribution in [-0.2, 0) is 23.8 Å². The van der Waals surface area contributed by atoms with Crippen molar-refractivity contribution in [1.29, 1.82) is 0 Å². The predicted octanol–water partition coefficient (Wildman–Crippen LogP) is 1.54. The van der Waals surface area contributed by atoms with E-state index in [1.807, 2.05) is 20.8 Å². The second kappa shape index (κ2) is 7.27. The van der Waals surface area contributed by atoms with E-state index in [0.29, 0.717) is 6.61 Å². The fourth-order valence-corrected chi connectivity index (χ4v) is 1.12. The Morgan fingerprint density at radius 1 is 1.00 bits per heavy atom. The zero-order valence-corrected chi connectivity index (χ0v) is 11.2. The topological polar surface area (TPSA) is 61.8 Å². The molecule has 0 amide bonds. The minimum absolute atomic E-state index is 0.147. The Morgan fingerprint density at radius 3 is 1.94 bits per heavy atom. The van der Waals surface area contributed by atoms with Gasteiger partial charge in [0.2, 0.25) is 0 Å². The zero-order chi connectivity index (χ0) is 13.5. The Bertz CT molecular complexity index is 254. The summed E-state index contributed by atoms with van der Waals surface area (Å²) in [6.45, 7) is 9.40. The van der Waals surface area contributed by atoms with Gasteiger partial charge in [-0.25, -0.2) is 0 Å². The summed E-state index contributed by atoms with van der Waals surface area (Å²) >= 11 is 0. The van der Waals surface area contributed by atoms with Gasteiger partial charge in [-0.2, -0.15) is 0 Å². The summed E-state index contributed by atoms with van der Waals surface area (Å²) in [6, 6.07) is 0. The molecule has 0 saturated carbocycles. The molecule has 100 valence electrons. The maximum atomic E-state index is 10.7. The maximum Gasteiger partial charge on any atom is 0.302 e. The van der Waals surface area contributed by atoms with Gasteiger partial charge in [0.15, 0.2) is 0 Å². The van der Waals surface area contributed by atoms with Gasteiger partial charge in [-0.15, -0.1) is 0 Å². The first-order valence-corrected chi connectivity index (χ1v) is 5.62. The summed E-state index contributed by atoms with van der Waals surface area (Å²) in [6.07, 6.45) is -0.220. The molecule has 0 spiro atoms. The molecule has 0 aromatic heterocycles. The largest absolute Gasteiger partial charge is 0.463 e. The lowest BCUT2D eigenvalue weighted by molar-refractivity contribution is -0.151. The van der Waals surface area contributed by atoms with Crippen molar-refractivity contribution in [2.45, 2.75) is 40.7 Å². The van der Waals surface area contributed by atoms with E-state index < -0.39 is 0 Å². The SMILES string of the molecule is CC(=O)OCCOC(COC(C)=O)C(C)(C)C. The number of rotatable bonds is 6. The molecule has 5 heteroatoms. The summed E-state index contributed by atoms with van der Waals surface area (Å²) in [5, 5.41) is 0. The van der Waals surface area contributed by atoms with Gasteiger partial charge in [-0.05, 0) is 5.41 Å². The lowest BCUT2D eigenvalue weighted by Gasteiger charge is -2.30. The molecule has 0 radical (unpaired) electrons. The number of ether oxygens (including phenoxy) is 3. The summed E-state index contributed by atoms with van der Waals surface area (Å²) in [5.41, 5.74) is -0.147. The molecule has 0 heterocycles. The van der Waals surface area contributed by atoms with Crippen LogP contribution in [-0.4, -0.2) is 37.9 Å². The molecule has 0 aliphatic carbocycles. The monoisotopic (exact) mass is 246 g/mol. The number of esters is 2. The Labute approximate surface area is 102 Å². The van der Waals surface area contributed by atoms with Crippen LogP contribution in [0, 0.1) is 5.41 Å². The fourth-order valence-electron chi connectivity index (χ4n) is 1.12. The molecule has 0 rings (SSSR count). The molecule has 5 nitrogen and oxygen atoms in total. The summed E-state index contributed by atoms with van der Waals surface area (Å²) in [7, 11) is 0. The Kier molecular flexibility index (Phi) is 6.80. The average Bonchev–Trinajstić information content (AvgIpc) is 2.13. The van der Waals surface area contributed by atoms with Crippen LogP contribution in [0.4, 0.5) is 0 Å². The lowest BCUT2D eigenvalue weighted by atomic mass is 9.89. The van der Waals surface area contributed by atoms with Crippen LogP contribution >= 0.6 is 0 Å². The first kappa shape index (κ1) is 15.9. The summed E-state index contributed by atoms with van der Waals surface area (Å²) in [4.78, 5) is 21.3. The third kappa shape index (κ3) is 8.68. The van der Waals surface area contributed by atoms with Gasteiger partial charge in [-0.1, -0.05) is 20.8 Å². The van der Waals surface area contributed by atoms with Crippen LogP contribution in [0.15, 0.2) is 0 Å². The third-order valence-corrected chi connectivity index (χ3v) is 2.11. The minimum atomic E-state index is -0.333. The van der Waals surface area contributed by atoms with Crippen LogP contribution in [0.1, 0.15) is 34.6 Å². The van der Waals surface area contributed by atoms with Crippen LogP contribution in [0.2, 0.25) is 0 Å². The van der Waals surface area contributed by atoms with Crippen molar-refractivity contribution in [3.05, 3.63) is 0 Å². The van der Waals surface area contributed by atoms with E-state index in [-0.39, 0.29) is 36.7 Å². The molecular formula is C12H22O5. The predicted molar refractivity (Wildman–Crippen MR) is 62.5 cm³/mol. The van der Waals surface area contributed by atoms with Crippen LogP contribution in [0.5, 0.6) is 0 Å². The molecule has 17 heavy (non-hydrogen) atoms. The standard InChI is InChI=1S/C12H22O5/c1-9(13)15-6-7-16-11(12(3,4)5)8-17-10(2)14/h11H,6-8H2,1-5H3. The number of hydrogen-bond acceptors (Lipinski definition) is 5. The van der Waals surface area contributed by atoms with Crippen LogP contribution in [0.3, 0.4) is 0 Å². The Hall–Kier alpha value is -1.10. The van der Waals surface area contributed by atoms with E-state index in [1.165, 1.54) is 13.8 Å². The normalized spacial score (nSPS) is 13.0. The van der Waals surface area contributed by atoms with E-state index in [0.717, 1.165) is 0 Å². The summed E-state index contributed by atoms with van der Waals surface area (Å²) < 4.78 is 15.2. The Balaban J connectivity index is 4.03. The minimum Gasteiger partial charge on any atom is -0.463 e. The van der Waals surface area contributed by atoms with Gasteiger partial charge in [-0.3, -0.25) is 9.59 Å². The molecule has 0 aromatic rings. The lowest BCUT2D eigenvalue weighted by Crippen LogP contribution is -2.35. The molecule has 0 N–H and O–H groups in total. The molecule has 0 aliphatic heterocycles. The zero-order valence-electron chi connectivity index (χ0n) is 11.2. The van der Waals surface area contributed by atoms with Gasteiger partial charge in [0.05, 0.1) is 12.7 Å². The van der Waals surface area contributed by atoms with Gasteiger partial charge < -0.3 is 14.2 Å². The van der Waals surface area contributed by atoms with E-state index in [9.17, 15) is 9.59 Å². The van der Waals surface area contributed by atoms with Gasteiger partial charge in [0.25, 0.3) is 0 Å². The van der Waals surface area contributed by atoms with Crippen molar-refractivity contribution >= 4 is 11.9 Å². The average molecular weight is 246 g/mol. The number of hydrogen-bond donors (Lipinski definition) is 0. The quantitative estimate of drug-likeness (QED) is 0.525. The van der Waals surface area contributed by atoms with Crippen molar-refractivity contribution in [2.24, 2.45) is 5.41 Å². The molecule has 1 unspecified atom stereocenters. The van der Waals surface area contributed by atoms with E-state index in [2.05, 4.69) is 0 Å². The molecule has 0 aromatic carbocycles.